The molecule has 1 aromatic heterocycles. The molecule has 0 saturated carbocycles. The predicted octanol–water partition coefficient (Wildman–Crippen LogP) is 2.32. The number of hydrogen-bond donors (Lipinski definition) is 1. The van der Waals surface area contributed by atoms with E-state index >= 15 is 0 Å². The van der Waals surface area contributed by atoms with Gasteiger partial charge in [0.1, 0.15) is 5.82 Å². The topological polar surface area (TPSA) is 24.9 Å². The molecule has 2 unspecified atom stereocenters. The monoisotopic (exact) mass is 196 g/mol. The zero-order valence-corrected chi connectivity index (χ0v) is 8.92. The summed E-state index contributed by atoms with van der Waals surface area (Å²) >= 11 is 0. The number of rotatable bonds is 4. The van der Waals surface area contributed by atoms with Crippen molar-refractivity contribution in [3.05, 3.63) is 29.8 Å². The summed E-state index contributed by atoms with van der Waals surface area (Å²) in [5, 5.41) is 3.31. The predicted molar refractivity (Wildman–Crippen MR) is 55.7 cm³/mol. The molecule has 0 spiro atoms. The Hall–Kier alpha value is -0.960. The SMILES string of the molecule is CCNC(C)C(C)c1cncc(F)c1. The second-order valence-corrected chi connectivity index (χ2v) is 3.57. The number of halogens is 1. The molecule has 1 heterocycles. The van der Waals surface area contributed by atoms with Crippen LogP contribution in [-0.4, -0.2) is 17.6 Å². The zero-order chi connectivity index (χ0) is 10.6. The zero-order valence-electron chi connectivity index (χ0n) is 8.92. The Kier molecular flexibility index (Phi) is 4.01. The van der Waals surface area contributed by atoms with Crippen molar-refractivity contribution in [2.45, 2.75) is 32.7 Å². The second kappa shape index (κ2) is 5.05. The van der Waals surface area contributed by atoms with Gasteiger partial charge in [0.25, 0.3) is 0 Å². The van der Waals surface area contributed by atoms with E-state index in [1.165, 1.54) is 6.20 Å². The first-order valence-corrected chi connectivity index (χ1v) is 4.99. The van der Waals surface area contributed by atoms with Crippen LogP contribution >= 0.6 is 0 Å². The molecular weight excluding hydrogens is 179 g/mol. The van der Waals surface area contributed by atoms with Crippen LogP contribution in [0.25, 0.3) is 0 Å². The van der Waals surface area contributed by atoms with Crippen molar-refractivity contribution in [3.63, 3.8) is 0 Å². The Labute approximate surface area is 84.6 Å². The fraction of sp³-hybridized carbons (Fsp3) is 0.545. The summed E-state index contributed by atoms with van der Waals surface area (Å²) in [4.78, 5) is 3.85. The first-order valence-electron chi connectivity index (χ1n) is 4.99. The third-order valence-corrected chi connectivity index (χ3v) is 2.53. The van der Waals surface area contributed by atoms with Gasteiger partial charge in [-0.25, -0.2) is 4.39 Å². The van der Waals surface area contributed by atoms with E-state index in [1.54, 1.807) is 12.3 Å². The highest BCUT2D eigenvalue weighted by Crippen LogP contribution is 2.18. The van der Waals surface area contributed by atoms with Gasteiger partial charge in [-0.15, -0.1) is 0 Å². The average Bonchev–Trinajstić information content (AvgIpc) is 2.17. The Bertz CT molecular complexity index is 288. The van der Waals surface area contributed by atoms with Crippen molar-refractivity contribution in [3.8, 4) is 0 Å². The van der Waals surface area contributed by atoms with Gasteiger partial charge in [-0.05, 0) is 31.0 Å². The summed E-state index contributed by atoms with van der Waals surface area (Å²) in [6.07, 6.45) is 2.95. The number of likely N-dealkylation sites (N-methyl/N-ethyl adjacent to an activating group) is 1. The van der Waals surface area contributed by atoms with Gasteiger partial charge in [-0.1, -0.05) is 13.8 Å². The fourth-order valence-electron chi connectivity index (χ4n) is 1.46. The molecule has 1 N–H and O–H groups in total. The summed E-state index contributed by atoms with van der Waals surface area (Å²) in [5.74, 6) is 0.0104. The van der Waals surface area contributed by atoms with Crippen LogP contribution in [0.15, 0.2) is 18.5 Å². The largest absolute Gasteiger partial charge is 0.314 e. The normalized spacial score (nSPS) is 15.1. The van der Waals surface area contributed by atoms with E-state index in [1.807, 2.05) is 0 Å². The Morgan fingerprint density at radius 3 is 2.71 bits per heavy atom. The number of nitrogens with one attached hydrogen (secondary N) is 1. The molecule has 0 saturated heterocycles. The molecule has 78 valence electrons. The van der Waals surface area contributed by atoms with Gasteiger partial charge in [-0.2, -0.15) is 0 Å². The fourth-order valence-corrected chi connectivity index (χ4v) is 1.46. The highest BCUT2D eigenvalue weighted by atomic mass is 19.1. The van der Waals surface area contributed by atoms with Gasteiger partial charge in [0.15, 0.2) is 0 Å². The smallest absolute Gasteiger partial charge is 0.141 e. The summed E-state index contributed by atoms with van der Waals surface area (Å²) in [6, 6.07) is 1.88. The molecule has 0 amide bonds. The minimum Gasteiger partial charge on any atom is -0.314 e. The van der Waals surface area contributed by atoms with Crippen molar-refractivity contribution < 1.29 is 4.39 Å². The van der Waals surface area contributed by atoms with Crippen molar-refractivity contribution >= 4 is 0 Å². The number of hydrogen-bond acceptors (Lipinski definition) is 2. The highest BCUT2D eigenvalue weighted by molar-refractivity contribution is 5.16. The van der Waals surface area contributed by atoms with Crippen molar-refractivity contribution in [1.29, 1.82) is 0 Å². The van der Waals surface area contributed by atoms with Crippen LogP contribution in [0, 0.1) is 5.82 Å². The maximum absolute atomic E-state index is 12.9. The number of aromatic nitrogens is 1. The molecule has 1 aromatic rings. The first kappa shape index (κ1) is 11.1. The molecule has 0 fully saturated rings. The second-order valence-electron chi connectivity index (χ2n) is 3.57. The molecular formula is C11H17FN2. The lowest BCUT2D eigenvalue weighted by Crippen LogP contribution is -2.30. The van der Waals surface area contributed by atoms with Crippen molar-refractivity contribution in [1.82, 2.24) is 10.3 Å². The van der Waals surface area contributed by atoms with Crippen LogP contribution in [0.2, 0.25) is 0 Å². The molecule has 3 heteroatoms. The van der Waals surface area contributed by atoms with E-state index in [-0.39, 0.29) is 11.7 Å². The van der Waals surface area contributed by atoms with Gasteiger partial charge in [-0.3, -0.25) is 4.98 Å². The first-order chi connectivity index (χ1) is 6.65. The van der Waals surface area contributed by atoms with E-state index in [9.17, 15) is 4.39 Å². The van der Waals surface area contributed by atoms with Crippen LogP contribution in [0.1, 0.15) is 32.3 Å². The van der Waals surface area contributed by atoms with Gasteiger partial charge >= 0.3 is 0 Å². The maximum atomic E-state index is 12.9. The summed E-state index contributed by atoms with van der Waals surface area (Å²) < 4.78 is 12.9. The maximum Gasteiger partial charge on any atom is 0.141 e. The Balaban J connectivity index is 2.73. The third-order valence-electron chi connectivity index (χ3n) is 2.53. The van der Waals surface area contributed by atoms with E-state index in [4.69, 9.17) is 0 Å². The van der Waals surface area contributed by atoms with Crippen molar-refractivity contribution in [2.24, 2.45) is 0 Å². The molecule has 0 aliphatic rings. The van der Waals surface area contributed by atoms with Gasteiger partial charge in [0.05, 0.1) is 6.20 Å². The molecule has 1 rings (SSSR count). The number of pyridine rings is 1. The summed E-state index contributed by atoms with van der Waals surface area (Å²) in [5.41, 5.74) is 0.943. The molecule has 0 bridgehead atoms. The van der Waals surface area contributed by atoms with Crippen LogP contribution < -0.4 is 5.32 Å². The lowest BCUT2D eigenvalue weighted by molar-refractivity contribution is 0.491. The molecule has 0 aliphatic heterocycles. The van der Waals surface area contributed by atoms with E-state index < -0.39 is 0 Å². The molecule has 2 atom stereocenters. The van der Waals surface area contributed by atoms with Gasteiger partial charge < -0.3 is 5.32 Å². The highest BCUT2D eigenvalue weighted by Gasteiger charge is 2.13. The number of nitrogens with zero attached hydrogens (tertiary/aromatic N) is 1. The van der Waals surface area contributed by atoms with Crippen LogP contribution in [-0.2, 0) is 0 Å². The van der Waals surface area contributed by atoms with E-state index in [2.05, 4.69) is 31.1 Å². The van der Waals surface area contributed by atoms with Crippen LogP contribution in [0.4, 0.5) is 4.39 Å². The molecule has 0 aromatic carbocycles. The Morgan fingerprint density at radius 1 is 1.43 bits per heavy atom. The average molecular weight is 196 g/mol. The quantitative estimate of drug-likeness (QED) is 0.799. The lowest BCUT2D eigenvalue weighted by Gasteiger charge is -2.20. The summed E-state index contributed by atoms with van der Waals surface area (Å²) in [7, 11) is 0. The molecule has 2 nitrogen and oxygen atoms in total. The molecule has 14 heavy (non-hydrogen) atoms. The minimum atomic E-state index is -0.266. The lowest BCUT2D eigenvalue weighted by atomic mass is 9.96. The van der Waals surface area contributed by atoms with Gasteiger partial charge in [0.2, 0.25) is 0 Å². The minimum absolute atomic E-state index is 0.266. The van der Waals surface area contributed by atoms with Crippen LogP contribution in [0.5, 0.6) is 0 Å². The molecule has 0 aliphatic carbocycles. The van der Waals surface area contributed by atoms with Gasteiger partial charge in [0, 0.05) is 12.2 Å². The van der Waals surface area contributed by atoms with Crippen LogP contribution in [0.3, 0.4) is 0 Å². The summed E-state index contributed by atoms with van der Waals surface area (Å²) in [6.45, 7) is 7.16. The van der Waals surface area contributed by atoms with E-state index in [0.29, 0.717) is 6.04 Å². The van der Waals surface area contributed by atoms with E-state index in [0.717, 1.165) is 12.1 Å². The van der Waals surface area contributed by atoms with Crippen molar-refractivity contribution in [2.75, 3.05) is 6.54 Å². The molecule has 0 radical (unpaired) electrons. The third kappa shape index (κ3) is 2.77. The Morgan fingerprint density at radius 2 is 2.14 bits per heavy atom. The standard InChI is InChI=1S/C11H17FN2/c1-4-14-9(3)8(2)10-5-11(12)7-13-6-10/h5-9,14H,4H2,1-3H3.